The van der Waals surface area contributed by atoms with Crippen molar-refractivity contribution < 1.29 is 9.53 Å². The van der Waals surface area contributed by atoms with Gasteiger partial charge >= 0.3 is 0 Å². The lowest BCUT2D eigenvalue weighted by Gasteiger charge is -2.04. The highest BCUT2D eigenvalue weighted by Gasteiger charge is 2.09. The predicted octanol–water partition coefficient (Wildman–Crippen LogP) is 3.64. The smallest absolute Gasteiger partial charge is 0.210 e. The van der Waals surface area contributed by atoms with Crippen LogP contribution in [0, 0.1) is 11.3 Å². The summed E-state index contributed by atoms with van der Waals surface area (Å²) in [5.41, 5.74) is 0.566. The van der Waals surface area contributed by atoms with Crippen molar-refractivity contribution >= 4 is 33.0 Å². The first kappa shape index (κ1) is 12.8. The number of Topliss-reactive ketones (excluding diaryl/α,β-unsaturated/α-hetero) is 1. The normalized spacial score (nSPS) is 9.78. The standard InChI is InChI=1S/C13H8BrNO2S/c14-13-6-5-12(18-13)11(16)8-17-10-3-1-9(7-15)2-4-10/h1-6H,8H2. The van der Waals surface area contributed by atoms with E-state index in [0.29, 0.717) is 16.2 Å². The molecule has 0 bridgehead atoms. The number of rotatable bonds is 4. The monoisotopic (exact) mass is 321 g/mol. The molecule has 0 saturated heterocycles. The lowest BCUT2D eigenvalue weighted by atomic mass is 10.2. The van der Waals surface area contributed by atoms with E-state index in [9.17, 15) is 4.79 Å². The third-order valence-electron chi connectivity index (χ3n) is 2.20. The first-order valence-corrected chi connectivity index (χ1v) is 6.71. The van der Waals surface area contributed by atoms with Gasteiger partial charge in [0.1, 0.15) is 5.75 Å². The van der Waals surface area contributed by atoms with Crippen LogP contribution in [0.15, 0.2) is 40.2 Å². The SMILES string of the molecule is N#Cc1ccc(OCC(=O)c2ccc(Br)s2)cc1. The molecule has 0 radical (unpaired) electrons. The Bertz CT molecular complexity index is 598. The minimum Gasteiger partial charge on any atom is -0.485 e. The fourth-order valence-electron chi connectivity index (χ4n) is 1.31. The van der Waals surface area contributed by atoms with Crippen molar-refractivity contribution in [1.29, 1.82) is 5.26 Å². The van der Waals surface area contributed by atoms with Crippen LogP contribution >= 0.6 is 27.3 Å². The van der Waals surface area contributed by atoms with E-state index in [1.165, 1.54) is 11.3 Å². The Balaban J connectivity index is 1.95. The Morgan fingerprint density at radius 3 is 2.56 bits per heavy atom. The number of nitrogens with zero attached hydrogens (tertiary/aromatic N) is 1. The molecular formula is C13H8BrNO2S. The molecule has 1 aromatic heterocycles. The van der Waals surface area contributed by atoms with E-state index >= 15 is 0 Å². The van der Waals surface area contributed by atoms with Gasteiger partial charge in [0.15, 0.2) is 6.61 Å². The van der Waals surface area contributed by atoms with E-state index in [-0.39, 0.29) is 12.4 Å². The second kappa shape index (κ2) is 5.80. The van der Waals surface area contributed by atoms with Crippen LogP contribution in [0.4, 0.5) is 0 Å². The zero-order chi connectivity index (χ0) is 13.0. The molecule has 18 heavy (non-hydrogen) atoms. The highest BCUT2D eigenvalue weighted by Crippen LogP contribution is 2.22. The second-order valence-electron chi connectivity index (χ2n) is 3.45. The molecule has 0 spiro atoms. The average Bonchev–Trinajstić information content (AvgIpc) is 2.83. The lowest BCUT2D eigenvalue weighted by molar-refractivity contribution is 0.0925. The van der Waals surface area contributed by atoms with Gasteiger partial charge in [0.05, 0.1) is 20.3 Å². The molecule has 0 amide bonds. The number of benzene rings is 1. The molecule has 1 heterocycles. The summed E-state index contributed by atoms with van der Waals surface area (Å²) in [6.45, 7) is -0.00114. The van der Waals surface area contributed by atoms with Crippen LogP contribution in [0.25, 0.3) is 0 Å². The molecule has 0 aliphatic rings. The highest BCUT2D eigenvalue weighted by molar-refractivity contribution is 9.11. The number of ketones is 1. The maximum absolute atomic E-state index is 11.8. The molecule has 5 heteroatoms. The third-order valence-corrected chi connectivity index (χ3v) is 3.87. The Morgan fingerprint density at radius 2 is 2.00 bits per heavy atom. The number of carbonyl (C=O) groups excluding carboxylic acids is 1. The second-order valence-corrected chi connectivity index (χ2v) is 5.91. The van der Waals surface area contributed by atoms with Gasteiger partial charge in [-0.25, -0.2) is 0 Å². The summed E-state index contributed by atoms with van der Waals surface area (Å²) in [4.78, 5) is 12.4. The van der Waals surface area contributed by atoms with Crippen LogP contribution in [-0.2, 0) is 0 Å². The van der Waals surface area contributed by atoms with Gasteiger partial charge in [-0.1, -0.05) is 0 Å². The van der Waals surface area contributed by atoms with E-state index in [2.05, 4.69) is 15.9 Å². The van der Waals surface area contributed by atoms with E-state index in [1.807, 2.05) is 12.1 Å². The van der Waals surface area contributed by atoms with Crippen LogP contribution < -0.4 is 4.74 Å². The van der Waals surface area contributed by atoms with E-state index in [4.69, 9.17) is 10.00 Å². The topological polar surface area (TPSA) is 50.1 Å². The average molecular weight is 322 g/mol. The molecule has 0 N–H and O–H groups in total. The summed E-state index contributed by atoms with van der Waals surface area (Å²) in [7, 11) is 0. The Kier molecular flexibility index (Phi) is 4.13. The van der Waals surface area contributed by atoms with Crippen LogP contribution in [0.3, 0.4) is 0 Å². The van der Waals surface area contributed by atoms with Crippen LogP contribution in [0.5, 0.6) is 5.75 Å². The largest absolute Gasteiger partial charge is 0.485 e. The van der Waals surface area contributed by atoms with Crippen molar-refractivity contribution in [1.82, 2.24) is 0 Å². The van der Waals surface area contributed by atoms with E-state index in [1.54, 1.807) is 30.3 Å². The summed E-state index contributed by atoms with van der Waals surface area (Å²) in [6.07, 6.45) is 0. The Morgan fingerprint density at radius 1 is 1.28 bits per heavy atom. The number of hydrogen-bond donors (Lipinski definition) is 0. The molecule has 2 rings (SSSR count). The highest BCUT2D eigenvalue weighted by atomic mass is 79.9. The van der Waals surface area contributed by atoms with Crippen molar-refractivity contribution in [3.63, 3.8) is 0 Å². The molecular weight excluding hydrogens is 314 g/mol. The lowest BCUT2D eigenvalue weighted by Crippen LogP contribution is -2.09. The van der Waals surface area contributed by atoms with Gasteiger partial charge in [0.2, 0.25) is 5.78 Å². The molecule has 2 aromatic rings. The maximum Gasteiger partial charge on any atom is 0.210 e. The summed E-state index contributed by atoms with van der Waals surface area (Å²) in [5, 5.41) is 8.65. The van der Waals surface area contributed by atoms with Gasteiger partial charge < -0.3 is 4.74 Å². The summed E-state index contributed by atoms with van der Waals surface area (Å²) in [5.74, 6) is 0.521. The molecule has 0 aliphatic heterocycles. The first-order chi connectivity index (χ1) is 8.69. The minimum absolute atomic E-state index is 0.00114. The molecule has 0 aliphatic carbocycles. The minimum atomic E-state index is -0.0601. The molecule has 0 saturated carbocycles. The van der Waals surface area contributed by atoms with Crippen LogP contribution in [-0.4, -0.2) is 12.4 Å². The maximum atomic E-state index is 11.8. The summed E-state index contributed by atoms with van der Waals surface area (Å²) >= 11 is 4.69. The van der Waals surface area contributed by atoms with Gasteiger partial charge in [-0.3, -0.25) is 4.79 Å². The molecule has 0 atom stereocenters. The predicted molar refractivity (Wildman–Crippen MR) is 73.0 cm³/mol. The number of carbonyl (C=O) groups is 1. The molecule has 1 aromatic carbocycles. The van der Waals surface area contributed by atoms with Gasteiger partial charge in [-0.2, -0.15) is 5.26 Å². The number of nitriles is 1. The van der Waals surface area contributed by atoms with Gasteiger partial charge in [0.25, 0.3) is 0 Å². The number of hydrogen-bond acceptors (Lipinski definition) is 4. The van der Waals surface area contributed by atoms with Crippen molar-refractivity contribution in [2.45, 2.75) is 0 Å². The zero-order valence-electron chi connectivity index (χ0n) is 9.22. The summed E-state index contributed by atoms with van der Waals surface area (Å²) in [6, 6.07) is 12.3. The quantitative estimate of drug-likeness (QED) is 0.808. The van der Waals surface area contributed by atoms with Gasteiger partial charge in [-0.15, -0.1) is 11.3 Å². The van der Waals surface area contributed by atoms with Crippen LogP contribution in [0.1, 0.15) is 15.2 Å². The zero-order valence-corrected chi connectivity index (χ0v) is 11.6. The van der Waals surface area contributed by atoms with Crippen molar-refractivity contribution in [3.05, 3.63) is 50.6 Å². The fourth-order valence-corrected chi connectivity index (χ4v) is 2.62. The number of halogens is 1. The van der Waals surface area contributed by atoms with E-state index < -0.39 is 0 Å². The Labute approximate surface area is 117 Å². The van der Waals surface area contributed by atoms with Gasteiger partial charge in [-0.05, 0) is 52.3 Å². The van der Waals surface area contributed by atoms with E-state index in [0.717, 1.165) is 3.79 Å². The van der Waals surface area contributed by atoms with Crippen LogP contribution in [0.2, 0.25) is 0 Å². The van der Waals surface area contributed by atoms with Crippen molar-refractivity contribution in [2.24, 2.45) is 0 Å². The molecule has 0 fully saturated rings. The first-order valence-electron chi connectivity index (χ1n) is 5.10. The molecule has 3 nitrogen and oxygen atoms in total. The molecule has 90 valence electrons. The Hall–Kier alpha value is -1.64. The third kappa shape index (κ3) is 3.19. The molecule has 0 unspecified atom stereocenters. The fraction of sp³-hybridized carbons (Fsp3) is 0.0769. The number of thiophene rings is 1. The van der Waals surface area contributed by atoms with Crippen molar-refractivity contribution in [2.75, 3.05) is 6.61 Å². The van der Waals surface area contributed by atoms with Crippen molar-refractivity contribution in [3.8, 4) is 11.8 Å². The summed E-state index contributed by atoms with van der Waals surface area (Å²) < 4.78 is 6.28. The van der Waals surface area contributed by atoms with Gasteiger partial charge in [0, 0.05) is 0 Å². The number of ether oxygens (including phenoxy) is 1.